The van der Waals surface area contributed by atoms with Crippen LogP contribution in [0.25, 0.3) is 0 Å². The molecule has 0 radical (unpaired) electrons. The molecule has 2 fully saturated rings. The summed E-state index contributed by atoms with van der Waals surface area (Å²) in [6.45, 7) is 5.05. The molecule has 2 saturated heterocycles. The summed E-state index contributed by atoms with van der Waals surface area (Å²) in [4.78, 5) is 15.2. The lowest BCUT2D eigenvalue weighted by Crippen LogP contribution is -2.50. The second-order valence-electron chi connectivity index (χ2n) is 7.33. The number of amides is 1. The van der Waals surface area contributed by atoms with Crippen LogP contribution >= 0.6 is 12.4 Å². The summed E-state index contributed by atoms with van der Waals surface area (Å²) in [5, 5.41) is 3.30. The van der Waals surface area contributed by atoms with E-state index in [1.807, 2.05) is 4.90 Å². The van der Waals surface area contributed by atoms with Crippen LogP contribution in [0.1, 0.15) is 32.6 Å². The number of nitrogens with one attached hydrogen (secondary N) is 1. The average molecular weight is 434 g/mol. The summed E-state index contributed by atoms with van der Waals surface area (Å²) in [7, 11) is -3.72. The van der Waals surface area contributed by atoms with Gasteiger partial charge in [0.1, 0.15) is 5.82 Å². The Hall–Kier alpha value is -1.22. The number of rotatable bonds is 6. The lowest BCUT2D eigenvalue weighted by molar-refractivity contribution is -0.138. The summed E-state index contributed by atoms with van der Waals surface area (Å²) < 4.78 is 40.3. The minimum atomic E-state index is -3.72. The first kappa shape index (κ1) is 23.1. The number of hydrogen-bond donors (Lipinski definition) is 1. The van der Waals surface area contributed by atoms with E-state index in [1.54, 1.807) is 0 Å². The molecular formula is C19H29ClFN3O3S. The molecule has 0 bridgehead atoms. The van der Waals surface area contributed by atoms with Crippen LogP contribution in [0.4, 0.5) is 4.39 Å². The number of halogens is 2. The van der Waals surface area contributed by atoms with E-state index in [2.05, 4.69) is 12.2 Å². The summed E-state index contributed by atoms with van der Waals surface area (Å²) in [5.74, 6) is -0.730. The zero-order valence-corrected chi connectivity index (χ0v) is 17.8. The Morgan fingerprint density at radius 1 is 1.29 bits per heavy atom. The average Bonchev–Trinajstić information content (AvgIpc) is 3.20. The first-order chi connectivity index (χ1) is 12.9. The van der Waals surface area contributed by atoms with Crippen molar-refractivity contribution in [2.45, 2.75) is 43.5 Å². The summed E-state index contributed by atoms with van der Waals surface area (Å²) in [6.07, 6.45) is 3.18. The fraction of sp³-hybridized carbons (Fsp3) is 0.632. The van der Waals surface area contributed by atoms with Gasteiger partial charge in [-0.05, 0) is 56.5 Å². The van der Waals surface area contributed by atoms with Crippen LogP contribution in [-0.2, 0) is 14.8 Å². The molecular weight excluding hydrogens is 405 g/mol. The fourth-order valence-electron chi connectivity index (χ4n) is 3.97. The predicted octanol–water partition coefficient (Wildman–Crippen LogP) is 2.25. The molecule has 1 N–H and O–H groups in total. The zero-order valence-electron chi connectivity index (χ0n) is 16.1. The van der Waals surface area contributed by atoms with E-state index in [0.29, 0.717) is 25.9 Å². The molecule has 2 aliphatic heterocycles. The minimum absolute atomic E-state index is 0. The molecule has 9 heteroatoms. The Labute approximate surface area is 172 Å². The Morgan fingerprint density at radius 2 is 2.00 bits per heavy atom. The van der Waals surface area contributed by atoms with Gasteiger partial charge in [-0.3, -0.25) is 4.79 Å². The predicted molar refractivity (Wildman–Crippen MR) is 108 cm³/mol. The van der Waals surface area contributed by atoms with Crippen LogP contribution in [0.3, 0.4) is 0 Å². The Balaban J connectivity index is 0.00000280. The van der Waals surface area contributed by atoms with Crippen LogP contribution in [0.5, 0.6) is 0 Å². The molecule has 0 aromatic heterocycles. The maximum absolute atomic E-state index is 13.2. The summed E-state index contributed by atoms with van der Waals surface area (Å²) in [5.41, 5.74) is 0. The van der Waals surface area contributed by atoms with E-state index >= 15 is 0 Å². The lowest BCUT2D eigenvalue weighted by atomic mass is 9.97. The Bertz CT molecular complexity index is 754. The summed E-state index contributed by atoms with van der Waals surface area (Å²) in [6, 6.07) is 5.06. The molecule has 1 aromatic carbocycles. The van der Waals surface area contributed by atoms with Gasteiger partial charge < -0.3 is 10.2 Å². The number of nitrogens with zero attached hydrogens (tertiary/aromatic N) is 2. The van der Waals surface area contributed by atoms with Crippen molar-refractivity contribution >= 4 is 28.3 Å². The highest BCUT2D eigenvalue weighted by atomic mass is 35.5. The van der Waals surface area contributed by atoms with Crippen LogP contribution in [0.2, 0.25) is 0 Å². The SMILES string of the molecule is CCCN(C(=O)C1CCCN(S(=O)(=O)c2ccc(F)cc2)C1)C1CCNC1.Cl. The van der Waals surface area contributed by atoms with Gasteiger partial charge in [-0.25, -0.2) is 12.8 Å². The molecule has 158 valence electrons. The summed E-state index contributed by atoms with van der Waals surface area (Å²) >= 11 is 0. The van der Waals surface area contributed by atoms with Crippen LogP contribution in [0, 0.1) is 11.7 Å². The van der Waals surface area contributed by atoms with Crippen LogP contribution < -0.4 is 5.32 Å². The van der Waals surface area contributed by atoms with E-state index in [0.717, 1.165) is 38.1 Å². The van der Waals surface area contributed by atoms with Gasteiger partial charge in [0.15, 0.2) is 0 Å². The van der Waals surface area contributed by atoms with Gasteiger partial charge in [-0.2, -0.15) is 4.31 Å². The zero-order chi connectivity index (χ0) is 19.4. The van der Waals surface area contributed by atoms with Gasteiger partial charge >= 0.3 is 0 Å². The van der Waals surface area contributed by atoms with Gasteiger partial charge in [0.05, 0.1) is 10.8 Å². The van der Waals surface area contributed by atoms with Crippen molar-refractivity contribution < 1.29 is 17.6 Å². The van der Waals surface area contributed by atoms with E-state index in [9.17, 15) is 17.6 Å². The van der Waals surface area contributed by atoms with Crippen LogP contribution in [0.15, 0.2) is 29.2 Å². The van der Waals surface area contributed by atoms with E-state index in [1.165, 1.54) is 16.4 Å². The van der Waals surface area contributed by atoms with Crippen molar-refractivity contribution in [2.75, 3.05) is 32.7 Å². The molecule has 0 aliphatic carbocycles. The first-order valence-electron chi connectivity index (χ1n) is 9.70. The van der Waals surface area contributed by atoms with Gasteiger partial charge in [0.25, 0.3) is 0 Å². The highest BCUT2D eigenvalue weighted by Gasteiger charge is 2.37. The molecule has 3 rings (SSSR count). The molecule has 2 aliphatic rings. The smallest absolute Gasteiger partial charge is 0.243 e. The maximum Gasteiger partial charge on any atom is 0.243 e. The Morgan fingerprint density at radius 3 is 2.61 bits per heavy atom. The van der Waals surface area contributed by atoms with Gasteiger partial charge in [0.2, 0.25) is 15.9 Å². The van der Waals surface area contributed by atoms with E-state index in [-0.39, 0.29) is 41.7 Å². The second kappa shape index (κ2) is 10.0. The number of piperidine rings is 1. The normalized spacial score (nSPS) is 23.2. The molecule has 2 atom stereocenters. The number of carbonyl (C=O) groups is 1. The fourth-order valence-corrected chi connectivity index (χ4v) is 5.50. The third kappa shape index (κ3) is 5.03. The third-order valence-electron chi connectivity index (χ3n) is 5.41. The quantitative estimate of drug-likeness (QED) is 0.747. The largest absolute Gasteiger partial charge is 0.338 e. The van der Waals surface area contributed by atoms with Crippen molar-refractivity contribution in [3.05, 3.63) is 30.1 Å². The number of sulfonamides is 1. The molecule has 0 saturated carbocycles. The number of benzene rings is 1. The second-order valence-corrected chi connectivity index (χ2v) is 9.27. The standard InChI is InChI=1S/C19H28FN3O3S.ClH/c1-2-11-23(17-9-10-21-13-17)19(24)15-4-3-12-22(14-15)27(25,26)18-7-5-16(20)6-8-18;/h5-8,15,17,21H,2-4,9-14H2,1H3;1H. The molecule has 28 heavy (non-hydrogen) atoms. The van der Waals surface area contributed by atoms with Gasteiger partial charge in [0, 0.05) is 32.2 Å². The highest BCUT2D eigenvalue weighted by molar-refractivity contribution is 7.89. The molecule has 2 unspecified atom stereocenters. The minimum Gasteiger partial charge on any atom is -0.338 e. The molecule has 1 amide bonds. The first-order valence-corrected chi connectivity index (χ1v) is 11.1. The molecule has 0 spiro atoms. The van der Waals surface area contributed by atoms with Crippen molar-refractivity contribution in [2.24, 2.45) is 5.92 Å². The number of hydrogen-bond acceptors (Lipinski definition) is 4. The van der Waals surface area contributed by atoms with E-state index < -0.39 is 15.8 Å². The maximum atomic E-state index is 13.2. The number of carbonyl (C=O) groups excluding carboxylic acids is 1. The monoisotopic (exact) mass is 433 g/mol. The lowest BCUT2D eigenvalue weighted by Gasteiger charge is -2.36. The molecule has 1 aromatic rings. The van der Waals surface area contributed by atoms with Crippen LogP contribution in [-0.4, -0.2) is 62.3 Å². The van der Waals surface area contributed by atoms with Gasteiger partial charge in [-0.1, -0.05) is 6.92 Å². The Kier molecular flexibility index (Phi) is 8.24. The topological polar surface area (TPSA) is 69.7 Å². The van der Waals surface area contributed by atoms with E-state index in [4.69, 9.17) is 0 Å². The third-order valence-corrected chi connectivity index (χ3v) is 7.29. The molecule has 2 heterocycles. The van der Waals surface area contributed by atoms with Crippen molar-refractivity contribution in [1.29, 1.82) is 0 Å². The van der Waals surface area contributed by atoms with Gasteiger partial charge in [-0.15, -0.1) is 12.4 Å². The molecule has 6 nitrogen and oxygen atoms in total. The van der Waals surface area contributed by atoms with Crippen molar-refractivity contribution in [3.63, 3.8) is 0 Å². The van der Waals surface area contributed by atoms with Crippen molar-refractivity contribution in [1.82, 2.24) is 14.5 Å². The van der Waals surface area contributed by atoms with Crippen molar-refractivity contribution in [3.8, 4) is 0 Å². The highest BCUT2D eigenvalue weighted by Crippen LogP contribution is 2.26.